The minimum atomic E-state index is -1.01. The molecule has 0 atom stereocenters. The van der Waals surface area contributed by atoms with E-state index in [0.29, 0.717) is 16.7 Å². The topological polar surface area (TPSA) is 99.4 Å². The van der Waals surface area contributed by atoms with Gasteiger partial charge in [0, 0.05) is 30.9 Å². The third kappa shape index (κ3) is 4.33. The van der Waals surface area contributed by atoms with Crippen molar-refractivity contribution >= 4 is 0 Å². The lowest BCUT2D eigenvalue weighted by Crippen LogP contribution is -2.30. The first-order chi connectivity index (χ1) is 20.4. The first-order valence-corrected chi connectivity index (χ1v) is 13.3. The maximum Gasteiger partial charge on any atom is 0.184 e. The number of phenols is 4. The van der Waals surface area contributed by atoms with Crippen molar-refractivity contribution in [1.29, 1.82) is 0 Å². The predicted octanol–water partition coefficient (Wildman–Crippen LogP) is 6.56. The van der Waals surface area contributed by atoms with Gasteiger partial charge in [-0.15, -0.1) is 0 Å². The third-order valence-electron chi connectivity index (χ3n) is 7.79. The molecule has 6 nitrogen and oxygen atoms in total. The second-order valence-electron chi connectivity index (χ2n) is 10.1. The third-order valence-corrected chi connectivity index (χ3v) is 7.79. The molecule has 5 aromatic rings. The summed E-state index contributed by atoms with van der Waals surface area (Å²) in [5.74, 6) is 7.16. The van der Waals surface area contributed by atoms with Crippen LogP contribution in [0.3, 0.4) is 0 Å². The summed E-state index contributed by atoms with van der Waals surface area (Å²) in [6, 6.07) is 29.9. The fourth-order valence-electron chi connectivity index (χ4n) is 5.99. The molecule has 0 radical (unpaired) electrons. The van der Waals surface area contributed by atoms with Gasteiger partial charge in [0.15, 0.2) is 6.29 Å². The molecular formula is C36H28O6. The number of ether oxygens (including phenoxy) is 2. The quantitative estimate of drug-likeness (QED) is 0.142. The number of hydrogen-bond donors (Lipinski definition) is 4. The van der Waals surface area contributed by atoms with Crippen LogP contribution in [0.5, 0.6) is 23.0 Å². The maximum absolute atomic E-state index is 10.8. The van der Waals surface area contributed by atoms with Crippen LogP contribution in [-0.2, 0) is 14.9 Å². The molecule has 0 saturated carbocycles. The number of phenolic OH excluding ortho intramolecular Hbond substituents is 4. The lowest BCUT2D eigenvalue weighted by atomic mass is 9.66. The van der Waals surface area contributed by atoms with Crippen LogP contribution in [0.15, 0.2) is 103 Å². The van der Waals surface area contributed by atoms with Gasteiger partial charge < -0.3 is 29.9 Å². The highest BCUT2D eigenvalue weighted by Crippen LogP contribution is 2.58. The summed E-state index contributed by atoms with van der Waals surface area (Å²) in [5, 5.41) is 41.1. The molecule has 0 saturated heterocycles. The smallest absolute Gasteiger partial charge is 0.184 e. The van der Waals surface area contributed by atoms with Gasteiger partial charge in [-0.3, -0.25) is 0 Å². The highest BCUT2D eigenvalue weighted by Gasteiger charge is 2.48. The van der Waals surface area contributed by atoms with Crippen LogP contribution in [0.4, 0.5) is 0 Å². The summed E-state index contributed by atoms with van der Waals surface area (Å²) in [6.45, 7) is 0. The Labute approximate surface area is 243 Å². The van der Waals surface area contributed by atoms with Crippen molar-refractivity contribution in [3.8, 4) is 46.0 Å². The summed E-state index contributed by atoms with van der Waals surface area (Å²) < 4.78 is 11.5. The fraction of sp³-hybridized carbons (Fsp3) is 0.111. The Bertz CT molecular complexity index is 1780. The van der Waals surface area contributed by atoms with Gasteiger partial charge in [-0.1, -0.05) is 54.3 Å². The molecule has 4 N–H and O–H groups in total. The molecule has 0 aromatic heterocycles. The maximum atomic E-state index is 10.8. The van der Waals surface area contributed by atoms with Crippen molar-refractivity contribution in [3.63, 3.8) is 0 Å². The number of benzene rings is 5. The minimum absolute atomic E-state index is 0.104. The van der Waals surface area contributed by atoms with E-state index in [4.69, 9.17) is 9.47 Å². The molecule has 0 spiro atoms. The summed E-state index contributed by atoms with van der Waals surface area (Å²) >= 11 is 0. The standard InChI is InChI=1S/C36H28O6/c1-41-35(42-2)32-20-19-30-29-18-16-28(40)21-33(29)36(23-6-12-26(38)13-7-23,24-8-14-27(39)15-9-24)34(30)31(32)17-5-22-3-10-25(37)11-4-22/h3-4,6-16,18-21,35,37-40H,1-2H3. The number of aromatic hydroxyl groups is 4. The lowest BCUT2D eigenvalue weighted by molar-refractivity contribution is -0.106. The number of rotatable bonds is 5. The van der Waals surface area contributed by atoms with E-state index in [9.17, 15) is 20.4 Å². The molecular weight excluding hydrogens is 528 g/mol. The molecule has 6 rings (SSSR count). The molecule has 0 aliphatic heterocycles. The average Bonchev–Trinajstić information content (AvgIpc) is 3.29. The van der Waals surface area contributed by atoms with Gasteiger partial charge in [-0.2, -0.15) is 0 Å². The molecule has 0 heterocycles. The second kappa shape index (κ2) is 10.6. The molecule has 1 aliphatic rings. The Morgan fingerprint density at radius 3 is 1.62 bits per heavy atom. The van der Waals surface area contributed by atoms with Gasteiger partial charge in [0.1, 0.15) is 23.0 Å². The zero-order valence-electron chi connectivity index (χ0n) is 23.0. The molecule has 1 aliphatic carbocycles. The van der Waals surface area contributed by atoms with Crippen molar-refractivity contribution in [2.24, 2.45) is 0 Å². The van der Waals surface area contributed by atoms with Gasteiger partial charge >= 0.3 is 0 Å². The highest BCUT2D eigenvalue weighted by atomic mass is 16.7. The second-order valence-corrected chi connectivity index (χ2v) is 10.1. The van der Waals surface area contributed by atoms with E-state index in [2.05, 4.69) is 11.8 Å². The van der Waals surface area contributed by atoms with E-state index >= 15 is 0 Å². The Hall–Kier alpha value is -5.22. The van der Waals surface area contributed by atoms with Crippen molar-refractivity contribution in [2.45, 2.75) is 11.7 Å². The zero-order chi connectivity index (χ0) is 29.4. The van der Waals surface area contributed by atoms with Crippen LogP contribution in [0, 0.1) is 11.8 Å². The Morgan fingerprint density at radius 2 is 1.07 bits per heavy atom. The lowest BCUT2D eigenvalue weighted by Gasteiger charge is -2.35. The van der Waals surface area contributed by atoms with E-state index in [1.807, 2.05) is 42.5 Å². The van der Waals surface area contributed by atoms with Crippen LogP contribution < -0.4 is 0 Å². The normalized spacial score (nSPS) is 12.8. The number of methoxy groups -OCH3 is 2. The molecule has 0 unspecified atom stereocenters. The molecule has 0 amide bonds. The molecule has 0 bridgehead atoms. The van der Waals surface area contributed by atoms with Crippen molar-refractivity contribution < 1.29 is 29.9 Å². The predicted molar refractivity (Wildman–Crippen MR) is 160 cm³/mol. The van der Waals surface area contributed by atoms with E-state index in [-0.39, 0.29) is 23.0 Å². The monoisotopic (exact) mass is 556 g/mol. The number of hydrogen-bond acceptors (Lipinski definition) is 6. The van der Waals surface area contributed by atoms with Crippen LogP contribution >= 0.6 is 0 Å². The summed E-state index contributed by atoms with van der Waals surface area (Å²) in [5.41, 5.74) is 6.23. The molecule has 5 aromatic carbocycles. The van der Waals surface area contributed by atoms with Gasteiger partial charge in [-0.25, -0.2) is 0 Å². The van der Waals surface area contributed by atoms with Crippen molar-refractivity contribution in [3.05, 3.63) is 142 Å². The molecule has 6 heteroatoms. The highest BCUT2D eigenvalue weighted by molar-refractivity contribution is 5.89. The average molecular weight is 557 g/mol. The Morgan fingerprint density at radius 1 is 0.571 bits per heavy atom. The Kier molecular flexibility index (Phi) is 6.83. The van der Waals surface area contributed by atoms with Crippen LogP contribution in [-0.4, -0.2) is 34.6 Å². The molecule has 0 fully saturated rings. The SMILES string of the molecule is COC(OC)c1ccc2c(c1C#Cc1ccc(O)cc1)C(c1ccc(O)cc1)(c1ccc(O)cc1)c1cc(O)ccc1-2. The summed E-state index contributed by atoms with van der Waals surface area (Å²) in [4.78, 5) is 0. The van der Waals surface area contributed by atoms with E-state index < -0.39 is 11.7 Å². The van der Waals surface area contributed by atoms with E-state index in [1.54, 1.807) is 74.9 Å². The van der Waals surface area contributed by atoms with Crippen LogP contribution in [0.2, 0.25) is 0 Å². The van der Waals surface area contributed by atoms with Gasteiger partial charge in [0.2, 0.25) is 0 Å². The van der Waals surface area contributed by atoms with Gasteiger partial charge in [-0.05, 0) is 94.0 Å². The van der Waals surface area contributed by atoms with E-state index in [0.717, 1.165) is 33.4 Å². The van der Waals surface area contributed by atoms with Crippen LogP contribution in [0.1, 0.15) is 45.2 Å². The van der Waals surface area contributed by atoms with Crippen molar-refractivity contribution in [2.75, 3.05) is 14.2 Å². The van der Waals surface area contributed by atoms with Gasteiger partial charge in [0.05, 0.1) is 5.41 Å². The summed E-state index contributed by atoms with van der Waals surface area (Å²) in [6.07, 6.45) is -0.728. The largest absolute Gasteiger partial charge is 0.508 e. The zero-order valence-corrected chi connectivity index (χ0v) is 23.0. The first-order valence-electron chi connectivity index (χ1n) is 13.3. The molecule has 42 heavy (non-hydrogen) atoms. The van der Waals surface area contributed by atoms with Crippen LogP contribution in [0.25, 0.3) is 11.1 Å². The minimum Gasteiger partial charge on any atom is -0.508 e. The van der Waals surface area contributed by atoms with Crippen molar-refractivity contribution in [1.82, 2.24) is 0 Å². The van der Waals surface area contributed by atoms with E-state index in [1.165, 1.54) is 0 Å². The molecule has 208 valence electrons. The Balaban J connectivity index is 1.79. The van der Waals surface area contributed by atoms with Gasteiger partial charge in [0.25, 0.3) is 0 Å². The fourth-order valence-corrected chi connectivity index (χ4v) is 5.99. The first kappa shape index (κ1) is 27.0. The number of fused-ring (bicyclic) bond motifs is 3. The summed E-state index contributed by atoms with van der Waals surface area (Å²) in [7, 11) is 3.14.